The van der Waals surface area contributed by atoms with Gasteiger partial charge in [-0.05, 0) is 18.6 Å². The highest BCUT2D eigenvalue weighted by molar-refractivity contribution is 7.91. The molecule has 0 aliphatic heterocycles. The molecule has 0 unspecified atom stereocenters. The zero-order valence-electron chi connectivity index (χ0n) is 9.80. The second-order valence-electron chi connectivity index (χ2n) is 3.58. The van der Waals surface area contributed by atoms with Gasteiger partial charge in [-0.2, -0.15) is 0 Å². The van der Waals surface area contributed by atoms with E-state index in [4.69, 9.17) is 9.84 Å². The van der Waals surface area contributed by atoms with Crippen molar-refractivity contribution >= 4 is 9.84 Å². The average Bonchev–Trinajstić information content (AvgIpc) is 2.35. The summed E-state index contributed by atoms with van der Waals surface area (Å²) in [5, 5.41) is 8.79. The fourth-order valence-corrected chi connectivity index (χ4v) is 2.05. The summed E-state index contributed by atoms with van der Waals surface area (Å²) < 4.78 is 27.7. The predicted molar refractivity (Wildman–Crippen MR) is 64.6 cm³/mol. The maximum atomic E-state index is 11.2. The fourth-order valence-electron chi connectivity index (χ4n) is 1.20. The third kappa shape index (κ3) is 5.14. The quantitative estimate of drug-likeness (QED) is 0.732. The van der Waals surface area contributed by atoms with Gasteiger partial charge in [0, 0.05) is 5.75 Å². The lowest BCUT2D eigenvalue weighted by Crippen LogP contribution is -2.11. The summed E-state index contributed by atoms with van der Waals surface area (Å²) in [5.74, 6) is 0.891. The fraction of sp³-hybridized carbons (Fsp3) is 0.545. The summed E-state index contributed by atoms with van der Waals surface area (Å²) in [7, 11) is -2.91. The Bertz CT molecular complexity index is 427. The standard InChI is InChI=1S/C11H17NO4S/c1-2-17(14,15)7-3-6-16-11-5-4-10(9-13)12-8-11/h4-5,8,13H,2-3,6-7,9H2,1H3. The van der Waals surface area contributed by atoms with Gasteiger partial charge in [-0.1, -0.05) is 6.92 Å². The number of aliphatic hydroxyl groups excluding tert-OH is 1. The molecule has 0 amide bonds. The first-order valence-electron chi connectivity index (χ1n) is 5.46. The summed E-state index contributed by atoms with van der Waals surface area (Å²) in [5.41, 5.74) is 0.575. The number of nitrogens with zero attached hydrogens (tertiary/aromatic N) is 1. The van der Waals surface area contributed by atoms with Crippen LogP contribution in [0, 0.1) is 0 Å². The topological polar surface area (TPSA) is 76.5 Å². The summed E-state index contributed by atoms with van der Waals surface area (Å²) in [6.45, 7) is 1.88. The van der Waals surface area contributed by atoms with Crippen LogP contribution in [0.1, 0.15) is 19.0 Å². The Hall–Kier alpha value is -1.14. The molecule has 0 saturated heterocycles. The molecule has 0 saturated carbocycles. The first-order chi connectivity index (χ1) is 8.07. The Morgan fingerprint density at radius 1 is 1.41 bits per heavy atom. The average molecular weight is 259 g/mol. The largest absolute Gasteiger partial charge is 0.492 e. The van der Waals surface area contributed by atoms with E-state index in [-0.39, 0.29) is 18.1 Å². The molecular weight excluding hydrogens is 242 g/mol. The maximum absolute atomic E-state index is 11.2. The molecule has 1 rings (SSSR count). The van der Waals surface area contributed by atoms with E-state index in [1.807, 2.05) is 0 Å². The van der Waals surface area contributed by atoms with Crippen LogP contribution in [0.3, 0.4) is 0 Å². The van der Waals surface area contributed by atoms with Crippen LogP contribution in [-0.4, -0.2) is 36.6 Å². The Kier molecular flexibility index (Phi) is 5.37. The lowest BCUT2D eigenvalue weighted by molar-refractivity contribution is 0.275. The van der Waals surface area contributed by atoms with Gasteiger partial charge in [-0.25, -0.2) is 8.42 Å². The number of hydrogen-bond donors (Lipinski definition) is 1. The number of rotatable bonds is 7. The highest BCUT2D eigenvalue weighted by Gasteiger charge is 2.06. The van der Waals surface area contributed by atoms with Crippen molar-refractivity contribution in [2.75, 3.05) is 18.1 Å². The van der Waals surface area contributed by atoms with Crippen LogP contribution in [0.5, 0.6) is 5.75 Å². The predicted octanol–water partition coefficient (Wildman–Crippen LogP) is 0.778. The van der Waals surface area contributed by atoms with Gasteiger partial charge in [-0.15, -0.1) is 0 Å². The molecule has 17 heavy (non-hydrogen) atoms. The minimum absolute atomic E-state index is 0.102. The van der Waals surface area contributed by atoms with E-state index in [9.17, 15) is 8.42 Å². The summed E-state index contributed by atoms with van der Waals surface area (Å²) >= 11 is 0. The molecule has 0 atom stereocenters. The Balaban J connectivity index is 2.31. The van der Waals surface area contributed by atoms with Gasteiger partial charge in [0.25, 0.3) is 0 Å². The summed E-state index contributed by atoms with van der Waals surface area (Å²) in [4.78, 5) is 3.95. The first-order valence-corrected chi connectivity index (χ1v) is 7.28. The Labute approximate surface area is 101 Å². The zero-order valence-corrected chi connectivity index (χ0v) is 10.6. The monoisotopic (exact) mass is 259 g/mol. The maximum Gasteiger partial charge on any atom is 0.150 e. The van der Waals surface area contributed by atoms with Crippen molar-refractivity contribution in [1.29, 1.82) is 0 Å². The molecule has 6 heteroatoms. The molecule has 0 bridgehead atoms. The van der Waals surface area contributed by atoms with Gasteiger partial charge in [0.05, 0.1) is 30.9 Å². The van der Waals surface area contributed by atoms with Crippen molar-refractivity contribution < 1.29 is 18.3 Å². The number of sulfone groups is 1. The van der Waals surface area contributed by atoms with Crippen molar-refractivity contribution in [1.82, 2.24) is 4.98 Å². The third-order valence-electron chi connectivity index (χ3n) is 2.27. The summed E-state index contributed by atoms with van der Waals surface area (Å²) in [6.07, 6.45) is 1.98. The van der Waals surface area contributed by atoms with Gasteiger partial charge in [0.1, 0.15) is 15.6 Å². The second-order valence-corrected chi connectivity index (χ2v) is 6.05. The number of ether oxygens (including phenoxy) is 1. The molecule has 0 aliphatic rings. The van der Waals surface area contributed by atoms with Crippen molar-refractivity contribution in [2.45, 2.75) is 20.0 Å². The zero-order chi connectivity index (χ0) is 12.7. The van der Waals surface area contributed by atoms with E-state index in [1.165, 1.54) is 6.20 Å². The SMILES string of the molecule is CCS(=O)(=O)CCCOc1ccc(CO)nc1. The minimum Gasteiger partial charge on any atom is -0.492 e. The molecule has 5 nitrogen and oxygen atoms in total. The van der Waals surface area contributed by atoms with Crippen LogP contribution >= 0.6 is 0 Å². The van der Waals surface area contributed by atoms with Crippen LogP contribution < -0.4 is 4.74 Å². The van der Waals surface area contributed by atoms with Gasteiger partial charge >= 0.3 is 0 Å². The van der Waals surface area contributed by atoms with Gasteiger partial charge in [0.15, 0.2) is 0 Å². The van der Waals surface area contributed by atoms with Crippen LogP contribution in [-0.2, 0) is 16.4 Å². The van der Waals surface area contributed by atoms with Crippen molar-refractivity contribution in [2.24, 2.45) is 0 Å². The van der Waals surface area contributed by atoms with E-state index in [0.717, 1.165) is 0 Å². The molecule has 1 heterocycles. The Morgan fingerprint density at radius 3 is 2.71 bits per heavy atom. The molecule has 1 N–H and O–H groups in total. The Morgan fingerprint density at radius 2 is 2.18 bits per heavy atom. The van der Waals surface area contributed by atoms with E-state index in [0.29, 0.717) is 24.5 Å². The first kappa shape index (κ1) is 13.9. The van der Waals surface area contributed by atoms with E-state index < -0.39 is 9.84 Å². The van der Waals surface area contributed by atoms with Gasteiger partial charge in [-0.3, -0.25) is 4.98 Å². The number of pyridine rings is 1. The molecule has 0 spiro atoms. The third-order valence-corrected chi connectivity index (χ3v) is 4.06. The van der Waals surface area contributed by atoms with E-state index >= 15 is 0 Å². The van der Waals surface area contributed by atoms with Crippen LogP contribution in [0.25, 0.3) is 0 Å². The van der Waals surface area contributed by atoms with Gasteiger partial charge in [0.2, 0.25) is 0 Å². The smallest absolute Gasteiger partial charge is 0.150 e. The second kappa shape index (κ2) is 6.56. The highest BCUT2D eigenvalue weighted by Crippen LogP contribution is 2.09. The van der Waals surface area contributed by atoms with Crippen molar-refractivity contribution in [3.05, 3.63) is 24.0 Å². The number of aliphatic hydroxyl groups is 1. The molecule has 0 aromatic carbocycles. The molecular formula is C11H17NO4S. The van der Waals surface area contributed by atoms with Crippen molar-refractivity contribution in [3.63, 3.8) is 0 Å². The molecule has 0 aliphatic carbocycles. The number of hydrogen-bond acceptors (Lipinski definition) is 5. The normalized spacial score (nSPS) is 11.4. The number of aromatic nitrogens is 1. The molecule has 1 aromatic rings. The van der Waals surface area contributed by atoms with Crippen LogP contribution in [0.2, 0.25) is 0 Å². The lowest BCUT2D eigenvalue weighted by Gasteiger charge is -2.06. The molecule has 96 valence electrons. The molecule has 0 radical (unpaired) electrons. The lowest BCUT2D eigenvalue weighted by atomic mass is 10.3. The molecule has 1 aromatic heterocycles. The van der Waals surface area contributed by atoms with Crippen molar-refractivity contribution in [3.8, 4) is 5.75 Å². The van der Waals surface area contributed by atoms with Gasteiger partial charge < -0.3 is 9.84 Å². The molecule has 0 fully saturated rings. The van der Waals surface area contributed by atoms with E-state index in [2.05, 4.69) is 4.98 Å². The minimum atomic E-state index is -2.91. The van der Waals surface area contributed by atoms with Crippen LogP contribution in [0.15, 0.2) is 18.3 Å². The van der Waals surface area contributed by atoms with E-state index in [1.54, 1.807) is 19.1 Å². The highest BCUT2D eigenvalue weighted by atomic mass is 32.2. The summed E-state index contributed by atoms with van der Waals surface area (Å²) in [6, 6.07) is 3.37. The van der Waals surface area contributed by atoms with Crippen LogP contribution in [0.4, 0.5) is 0 Å².